The van der Waals surface area contributed by atoms with Crippen LogP contribution in [0.4, 0.5) is 17.1 Å². The fourth-order valence-electron chi connectivity index (χ4n) is 5.07. The van der Waals surface area contributed by atoms with Crippen LogP contribution in [0.2, 0.25) is 0 Å². The summed E-state index contributed by atoms with van der Waals surface area (Å²) in [4.78, 5) is 36.6. The van der Waals surface area contributed by atoms with Gasteiger partial charge in [-0.1, -0.05) is 18.2 Å². The molecule has 0 atom stereocenters. The molecule has 0 radical (unpaired) electrons. The quantitative estimate of drug-likeness (QED) is 0.0507. The van der Waals surface area contributed by atoms with Gasteiger partial charge in [0, 0.05) is 11.6 Å². The molecule has 0 unspecified atom stereocenters. The first-order valence-electron chi connectivity index (χ1n) is 15.1. The zero-order valence-electron chi connectivity index (χ0n) is 27.0. The van der Waals surface area contributed by atoms with Crippen molar-refractivity contribution >= 4 is 83.4 Å². The Morgan fingerprint density at radius 3 is 1.91 bits per heavy atom. The smallest absolute Gasteiger partial charge is 0.295 e. The highest BCUT2D eigenvalue weighted by Crippen LogP contribution is 2.39. The van der Waals surface area contributed by atoms with Gasteiger partial charge in [0.15, 0.2) is 11.5 Å². The summed E-state index contributed by atoms with van der Waals surface area (Å²) in [5.41, 5.74) is 6.66. The van der Waals surface area contributed by atoms with Crippen molar-refractivity contribution in [2.75, 3.05) is 16.3 Å². The lowest BCUT2D eigenvalue weighted by atomic mass is 9.93. The number of carbonyl (C=O) groups excluding carboxylic acids is 3. The van der Waals surface area contributed by atoms with E-state index in [9.17, 15) is 51.1 Å². The largest absolute Gasteiger partial charge is 0.506 e. The van der Waals surface area contributed by atoms with E-state index in [0.717, 1.165) is 36.4 Å². The Morgan fingerprint density at radius 2 is 1.26 bits per heavy atom. The van der Waals surface area contributed by atoms with Gasteiger partial charge in [-0.3, -0.25) is 39.8 Å². The Kier molecular flexibility index (Phi) is 9.67. The van der Waals surface area contributed by atoms with E-state index >= 15 is 0 Å². The number of ketones is 3. The number of aliphatic hydroxyl groups is 1. The van der Waals surface area contributed by atoms with Crippen molar-refractivity contribution in [2.45, 2.75) is 9.79 Å². The third-order valence-electron chi connectivity index (χ3n) is 7.74. The number of nitrogens with zero attached hydrogens (tertiary/aromatic N) is 3. The van der Waals surface area contributed by atoms with Crippen LogP contribution in [0.1, 0.15) is 21.5 Å². The van der Waals surface area contributed by atoms with Crippen molar-refractivity contribution in [2.24, 2.45) is 15.3 Å². The van der Waals surface area contributed by atoms with Crippen molar-refractivity contribution in [3.63, 3.8) is 0 Å². The number of benzene rings is 3. The lowest BCUT2D eigenvalue weighted by Crippen LogP contribution is -2.21. The first-order chi connectivity index (χ1) is 25.5. The number of rotatable bonds is 9. The average molecular weight is 773 g/mol. The number of fused-ring (bicyclic) bond motifs is 1. The molecule has 3 aliphatic rings. The number of allylic oxidation sites excluding steroid dienone is 8. The van der Waals surface area contributed by atoms with E-state index in [1.54, 1.807) is 6.07 Å². The van der Waals surface area contributed by atoms with Crippen LogP contribution in [0.25, 0.3) is 11.6 Å². The van der Waals surface area contributed by atoms with E-state index in [1.165, 1.54) is 54.6 Å². The van der Waals surface area contributed by atoms with Gasteiger partial charge in [-0.25, -0.2) is 0 Å². The molecule has 3 aromatic carbocycles. The van der Waals surface area contributed by atoms with Crippen LogP contribution >= 0.6 is 0 Å². The molecule has 0 aromatic heterocycles. The van der Waals surface area contributed by atoms with Crippen LogP contribution in [0.3, 0.4) is 0 Å². The van der Waals surface area contributed by atoms with Crippen molar-refractivity contribution in [3.8, 4) is 11.5 Å². The lowest BCUT2D eigenvalue weighted by molar-refractivity contribution is -0.110. The lowest BCUT2D eigenvalue weighted by Gasteiger charge is -2.18. The topological polar surface area (TPSA) is 294 Å². The van der Waals surface area contributed by atoms with E-state index in [0.29, 0.717) is 11.1 Å². The maximum Gasteiger partial charge on any atom is 0.295 e. The first-order valence-corrected chi connectivity index (χ1v) is 18.0. The first kappa shape index (κ1) is 36.8. The molecule has 54 heavy (non-hydrogen) atoms. The van der Waals surface area contributed by atoms with E-state index in [4.69, 9.17) is 4.55 Å². The van der Waals surface area contributed by atoms with Gasteiger partial charge in [0.1, 0.15) is 39.2 Å². The Hall–Kier alpha value is -7.00. The molecule has 3 aromatic rings. The summed E-state index contributed by atoms with van der Waals surface area (Å²) in [5.74, 6) is -3.46. The number of hydrazone groups is 3. The van der Waals surface area contributed by atoms with Crippen LogP contribution in [-0.4, -0.2) is 75.7 Å². The third-order valence-corrected chi connectivity index (χ3v) is 9.50. The van der Waals surface area contributed by atoms with Crippen molar-refractivity contribution < 1.29 is 55.6 Å². The van der Waals surface area contributed by atoms with Crippen LogP contribution in [0, 0.1) is 0 Å². The molecule has 6 rings (SSSR count). The highest BCUT2D eigenvalue weighted by molar-refractivity contribution is 7.86. The minimum absolute atomic E-state index is 0.0565. The van der Waals surface area contributed by atoms with Crippen molar-refractivity contribution in [3.05, 3.63) is 114 Å². The summed E-state index contributed by atoms with van der Waals surface area (Å²) >= 11 is 0. The van der Waals surface area contributed by atoms with Gasteiger partial charge in [-0.2, -0.15) is 32.1 Å². The number of nitrogens with one attached hydrogen (secondary N) is 3. The van der Waals surface area contributed by atoms with Gasteiger partial charge >= 0.3 is 0 Å². The molecule has 3 aliphatic carbocycles. The van der Waals surface area contributed by atoms with Crippen LogP contribution in [-0.2, 0) is 29.8 Å². The molecule has 0 saturated carbocycles. The maximum atomic E-state index is 13.4. The monoisotopic (exact) mass is 772 g/mol. The molecule has 0 heterocycles. The normalized spacial score (nSPS) is 17.8. The number of aliphatic hydroxyl groups excluding tert-OH is 1. The minimum Gasteiger partial charge on any atom is -0.506 e. The van der Waals surface area contributed by atoms with Gasteiger partial charge in [-0.05, 0) is 84.0 Å². The Morgan fingerprint density at radius 1 is 0.611 bits per heavy atom. The fourth-order valence-corrected chi connectivity index (χ4v) is 6.26. The van der Waals surface area contributed by atoms with Crippen LogP contribution in [0.15, 0.2) is 122 Å². The summed E-state index contributed by atoms with van der Waals surface area (Å²) in [6, 6.07) is 9.80. The number of hydrogen-bond donors (Lipinski definition) is 8. The molecular formula is C34H24N6O12S2. The molecule has 0 aliphatic heterocycles. The zero-order chi connectivity index (χ0) is 38.9. The van der Waals surface area contributed by atoms with E-state index < -0.39 is 64.4 Å². The molecule has 20 heteroatoms. The highest BCUT2D eigenvalue weighted by Gasteiger charge is 2.31. The number of carbonyl (C=O) groups is 3. The fraction of sp³-hybridized carbons (Fsp3) is 0. The number of Topliss-reactive ketones (excluding diaryl/α,β-unsaturated/α-hetero) is 1. The number of anilines is 3. The second kappa shape index (κ2) is 14.2. The second-order valence-corrected chi connectivity index (χ2v) is 14.1. The molecule has 0 bridgehead atoms. The molecule has 0 spiro atoms. The third kappa shape index (κ3) is 7.75. The number of hydrogen-bond acceptors (Lipinski definition) is 16. The van der Waals surface area contributed by atoms with Gasteiger partial charge in [0.25, 0.3) is 20.2 Å². The maximum absolute atomic E-state index is 13.4. The van der Waals surface area contributed by atoms with E-state index in [1.807, 2.05) is 0 Å². The molecule has 0 amide bonds. The van der Waals surface area contributed by atoms with Gasteiger partial charge in [0.2, 0.25) is 11.6 Å². The Bertz CT molecular complexity index is 2650. The molecule has 18 nitrogen and oxygen atoms in total. The summed E-state index contributed by atoms with van der Waals surface area (Å²) in [6.07, 6.45) is 9.66. The number of phenolic OH excluding ortho intramolecular Hbond substituents is 2. The Labute approximate surface area is 304 Å². The molecule has 8 N–H and O–H groups in total. The summed E-state index contributed by atoms with van der Waals surface area (Å²) < 4.78 is 66.3. The van der Waals surface area contributed by atoms with E-state index in [-0.39, 0.29) is 45.6 Å². The molecule has 0 fully saturated rings. The van der Waals surface area contributed by atoms with E-state index in [2.05, 4.69) is 31.6 Å². The average Bonchev–Trinajstić information content (AvgIpc) is 3.10. The Balaban J connectivity index is 1.21. The van der Waals surface area contributed by atoms with Gasteiger partial charge in [0.05, 0.1) is 21.8 Å². The highest BCUT2D eigenvalue weighted by atomic mass is 32.2. The summed E-state index contributed by atoms with van der Waals surface area (Å²) in [7, 11) is -9.44. The summed E-state index contributed by atoms with van der Waals surface area (Å²) in [5, 5.41) is 43.3. The number of phenols is 2. The predicted molar refractivity (Wildman–Crippen MR) is 196 cm³/mol. The SMILES string of the molecule is O=C1C=C/C(=N/Nc2ccc(C3=CC(=O)C(=NNc4cc(S(=O)(=O)O)c5c(c4O)C(=O)C(=NNc4ccc(S(=O)(=O)O)cc4)C=C5)C=C3)cc2O)C(O)=C1. The molecular weight excluding hydrogens is 749 g/mol. The minimum atomic E-state index is -4.99. The van der Waals surface area contributed by atoms with Crippen LogP contribution < -0.4 is 16.3 Å². The summed E-state index contributed by atoms with van der Waals surface area (Å²) in [6.45, 7) is 0. The van der Waals surface area contributed by atoms with Crippen molar-refractivity contribution in [1.82, 2.24) is 0 Å². The van der Waals surface area contributed by atoms with Crippen molar-refractivity contribution in [1.29, 1.82) is 0 Å². The second-order valence-electron chi connectivity index (χ2n) is 11.3. The van der Waals surface area contributed by atoms with Gasteiger partial charge < -0.3 is 15.3 Å². The predicted octanol–water partition coefficient (Wildman–Crippen LogP) is 3.61. The molecule has 0 saturated heterocycles. The molecule has 274 valence electrons. The van der Waals surface area contributed by atoms with Gasteiger partial charge in [-0.15, -0.1) is 0 Å². The van der Waals surface area contributed by atoms with Crippen LogP contribution in [0.5, 0.6) is 11.5 Å². The standard InChI is InChI=1S/C34H24N6O12S2/c41-20-5-11-25(30(44)15-20)37-36-23-9-1-17(13-28(23)42)18-2-10-24(29(43)14-18)38-40-27-16-31(54(50,51)52)22-8-12-26(33(45)32(22)34(27)46)39-35-19-3-6-21(7-4-19)53(47,48)49/h1-16,35-36,40,42,44,46H,(H,47,48,49)(H,50,51,52)/b37-25-,38-24?,39-26?. The zero-order valence-corrected chi connectivity index (χ0v) is 28.6. The number of aromatic hydroxyl groups is 2.